The minimum atomic E-state index is -0.977. The van der Waals surface area contributed by atoms with Gasteiger partial charge in [-0.05, 0) is 48.6 Å². The van der Waals surface area contributed by atoms with Gasteiger partial charge in [0.25, 0.3) is 11.6 Å². The maximum Gasteiger partial charge on any atom is 0.269 e. The quantitative estimate of drug-likeness (QED) is 0.293. The predicted octanol–water partition coefficient (Wildman–Crippen LogP) is 6.39. The Kier molecular flexibility index (Phi) is 6.82. The van der Waals surface area contributed by atoms with E-state index in [0.29, 0.717) is 23.4 Å². The van der Waals surface area contributed by atoms with Crippen molar-refractivity contribution < 1.29 is 18.9 Å². The van der Waals surface area contributed by atoms with Crippen LogP contribution < -0.4 is 10.6 Å². The number of carbonyl (C=O) groups is 2. The SMILES string of the molecule is CC1=C(C(=O)Nc2ccccc2F)C(c2cc([N+](=O)[O-])ccc2Cl)C2=C(CC(c3ccccc3)CC2=O)N1. The zero-order valence-electron chi connectivity index (χ0n) is 20.3. The van der Waals surface area contributed by atoms with Gasteiger partial charge in [0.15, 0.2) is 5.78 Å². The van der Waals surface area contributed by atoms with E-state index in [4.69, 9.17) is 11.6 Å². The van der Waals surface area contributed by atoms with Gasteiger partial charge in [0.2, 0.25) is 0 Å². The van der Waals surface area contributed by atoms with Crippen LogP contribution in [-0.2, 0) is 9.59 Å². The number of para-hydroxylation sites is 1. The van der Waals surface area contributed by atoms with Gasteiger partial charge in [-0.15, -0.1) is 0 Å². The molecule has 0 radical (unpaired) electrons. The largest absolute Gasteiger partial charge is 0.362 e. The molecule has 0 spiro atoms. The van der Waals surface area contributed by atoms with E-state index in [1.54, 1.807) is 13.0 Å². The number of nitrogens with one attached hydrogen (secondary N) is 2. The minimum Gasteiger partial charge on any atom is -0.362 e. The molecule has 0 fully saturated rings. The van der Waals surface area contributed by atoms with E-state index in [9.17, 15) is 24.1 Å². The van der Waals surface area contributed by atoms with Crippen LogP contribution in [0.3, 0.4) is 0 Å². The van der Waals surface area contributed by atoms with Crippen LogP contribution in [0.5, 0.6) is 0 Å². The van der Waals surface area contributed by atoms with Crippen molar-refractivity contribution in [1.29, 1.82) is 0 Å². The van der Waals surface area contributed by atoms with Gasteiger partial charge >= 0.3 is 0 Å². The Hall–Kier alpha value is -4.30. The third-order valence-corrected chi connectivity index (χ3v) is 7.31. The van der Waals surface area contributed by atoms with Crippen LogP contribution in [0.25, 0.3) is 0 Å². The van der Waals surface area contributed by atoms with E-state index < -0.39 is 22.6 Å². The molecule has 192 valence electrons. The van der Waals surface area contributed by atoms with E-state index in [1.165, 1.54) is 36.4 Å². The Morgan fingerprint density at radius 3 is 2.50 bits per heavy atom. The van der Waals surface area contributed by atoms with Gasteiger partial charge in [0.05, 0.1) is 10.6 Å². The Morgan fingerprint density at radius 2 is 1.79 bits per heavy atom. The molecule has 2 aliphatic rings. The summed E-state index contributed by atoms with van der Waals surface area (Å²) in [4.78, 5) is 38.4. The Labute approximate surface area is 223 Å². The number of hydrogen-bond donors (Lipinski definition) is 2. The number of ketones is 1. The molecule has 2 unspecified atom stereocenters. The average Bonchev–Trinajstić information content (AvgIpc) is 2.89. The Morgan fingerprint density at radius 1 is 1.08 bits per heavy atom. The zero-order valence-corrected chi connectivity index (χ0v) is 21.1. The fraction of sp³-hybridized carbons (Fsp3) is 0.172. The number of anilines is 1. The average molecular weight is 532 g/mol. The van der Waals surface area contributed by atoms with Gasteiger partial charge in [-0.1, -0.05) is 54.1 Å². The van der Waals surface area contributed by atoms with Gasteiger partial charge in [-0.25, -0.2) is 4.39 Å². The highest BCUT2D eigenvalue weighted by molar-refractivity contribution is 6.31. The molecule has 7 nitrogen and oxygen atoms in total. The summed E-state index contributed by atoms with van der Waals surface area (Å²) < 4.78 is 14.4. The van der Waals surface area contributed by atoms with Gasteiger partial charge < -0.3 is 10.6 Å². The first-order valence-electron chi connectivity index (χ1n) is 12.0. The Balaban J connectivity index is 1.64. The maximum atomic E-state index is 14.4. The zero-order chi connectivity index (χ0) is 27.0. The van der Waals surface area contributed by atoms with Crippen molar-refractivity contribution in [3.05, 3.63) is 127 Å². The highest BCUT2D eigenvalue weighted by Crippen LogP contribution is 2.47. The number of carbonyl (C=O) groups excluding carboxylic acids is 2. The van der Waals surface area contributed by atoms with Gasteiger partial charge in [0, 0.05) is 52.0 Å². The maximum absolute atomic E-state index is 14.4. The van der Waals surface area contributed by atoms with E-state index in [-0.39, 0.29) is 45.7 Å². The van der Waals surface area contributed by atoms with Crippen LogP contribution in [0.4, 0.5) is 15.8 Å². The molecule has 3 aromatic carbocycles. The van der Waals surface area contributed by atoms with Crippen molar-refractivity contribution in [2.24, 2.45) is 0 Å². The summed E-state index contributed by atoms with van der Waals surface area (Å²) in [5.41, 5.74) is 2.60. The molecule has 0 saturated heterocycles. The normalized spacial score (nSPS) is 19.1. The van der Waals surface area contributed by atoms with Crippen LogP contribution in [-0.4, -0.2) is 16.6 Å². The first kappa shape index (κ1) is 25.4. The predicted molar refractivity (Wildman–Crippen MR) is 142 cm³/mol. The number of non-ortho nitro benzene ring substituents is 1. The van der Waals surface area contributed by atoms with E-state index in [0.717, 1.165) is 5.56 Å². The summed E-state index contributed by atoms with van der Waals surface area (Å²) in [6, 6.07) is 19.4. The molecule has 2 atom stereocenters. The number of benzene rings is 3. The standard InChI is InChI=1S/C29H23ClFN3O4/c1-16-26(29(36)33-23-10-6-5-9-22(23)31)27(20-15-19(34(37)38)11-12-21(20)30)28-24(32-16)13-18(14-25(28)35)17-7-3-2-4-8-17/h2-12,15,18,27,32H,13-14H2,1H3,(H,33,36). The lowest BCUT2D eigenvalue weighted by molar-refractivity contribution is -0.384. The highest BCUT2D eigenvalue weighted by atomic mass is 35.5. The summed E-state index contributed by atoms with van der Waals surface area (Å²) in [5, 5.41) is 17.6. The summed E-state index contributed by atoms with van der Waals surface area (Å²) in [6.07, 6.45) is 0.711. The van der Waals surface area contributed by atoms with Crippen molar-refractivity contribution in [2.75, 3.05) is 5.32 Å². The van der Waals surface area contributed by atoms with Crippen LogP contribution in [0.1, 0.15) is 42.7 Å². The topological polar surface area (TPSA) is 101 Å². The molecule has 0 aromatic heterocycles. The smallest absolute Gasteiger partial charge is 0.269 e. The number of hydrogen-bond acceptors (Lipinski definition) is 5. The molecular formula is C29H23ClFN3O4. The number of nitrogens with zero attached hydrogens (tertiary/aromatic N) is 1. The lowest BCUT2D eigenvalue weighted by Crippen LogP contribution is -2.37. The molecule has 1 aliphatic carbocycles. The molecule has 0 saturated carbocycles. The van der Waals surface area contributed by atoms with Crippen LogP contribution in [0, 0.1) is 15.9 Å². The molecule has 38 heavy (non-hydrogen) atoms. The summed E-state index contributed by atoms with van der Waals surface area (Å²) in [6.45, 7) is 1.69. The molecular weight excluding hydrogens is 509 g/mol. The van der Waals surface area contributed by atoms with Crippen molar-refractivity contribution in [2.45, 2.75) is 31.6 Å². The number of allylic oxidation sites excluding steroid dienone is 3. The lowest BCUT2D eigenvalue weighted by atomic mass is 9.71. The Bertz CT molecular complexity index is 1530. The van der Waals surface area contributed by atoms with Gasteiger partial charge in [-0.3, -0.25) is 19.7 Å². The summed E-state index contributed by atoms with van der Waals surface area (Å²) >= 11 is 6.55. The van der Waals surface area contributed by atoms with Gasteiger partial charge in [-0.2, -0.15) is 0 Å². The van der Waals surface area contributed by atoms with E-state index >= 15 is 0 Å². The first-order chi connectivity index (χ1) is 18.2. The molecule has 9 heteroatoms. The molecule has 5 rings (SSSR count). The van der Waals surface area contributed by atoms with E-state index in [1.807, 2.05) is 30.3 Å². The molecule has 3 aromatic rings. The van der Waals surface area contributed by atoms with Crippen molar-refractivity contribution in [1.82, 2.24) is 5.32 Å². The fourth-order valence-corrected chi connectivity index (χ4v) is 5.46. The first-order valence-corrected chi connectivity index (χ1v) is 12.4. The van der Waals surface area contributed by atoms with Crippen LogP contribution >= 0.6 is 11.6 Å². The van der Waals surface area contributed by atoms with Crippen molar-refractivity contribution in [3.8, 4) is 0 Å². The number of nitro groups is 1. The van der Waals surface area contributed by atoms with Crippen LogP contribution in [0.15, 0.2) is 95.3 Å². The van der Waals surface area contributed by atoms with Crippen molar-refractivity contribution in [3.63, 3.8) is 0 Å². The second-order valence-corrected chi connectivity index (χ2v) is 9.73. The third kappa shape index (κ3) is 4.70. The summed E-state index contributed by atoms with van der Waals surface area (Å²) in [7, 11) is 0. The van der Waals surface area contributed by atoms with E-state index in [2.05, 4.69) is 10.6 Å². The monoisotopic (exact) mass is 531 g/mol. The highest BCUT2D eigenvalue weighted by Gasteiger charge is 2.42. The molecule has 1 amide bonds. The van der Waals surface area contributed by atoms with Gasteiger partial charge in [0.1, 0.15) is 5.82 Å². The minimum absolute atomic E-state index is 0.0272. The molecule has 1 aliphatic heterocycles. The number of amides is 1. The number of rotatable bonds is 5. The number of dihydropyridines is 1. The molecule has 2 N–H and O–H groups in total. The molecule has 0 bridgehead atoms. The number of Topliss-reactive ketones (excluding diaryl/α,β-unsaturated/α-hetero) is 1. The molecule has 1 heterocycles. The number of nitro benzene ring substituents is 1. The fourth-order valence-electron chi connectivity index (χ4n) is 5.23. The summed E-state index contributed by atoms with van der Waals surface area (Å²) in [5.74, 6) is -2.50. The second kappa shape index (κ2) is 10.2. The third-order valence-electron chi connectivity index (χ3n) is 6.97. The number of halogens is 2. The lowest BCUT2D eigenvalue weighted by Gasteiger charge is -2.37. The second-order valence-electron chi connectivity index (χ2n) is 9.32. The van der Waals surface area contributed by atoms with Crippen molar-refractivity contribution >= 4 is 34.7 Å². The van der Waals surface area contributed by atoms with Crippen LogP contribution in [0.2, 0.25) is 5.02 Å².